The predicted molar refractivity (Wildman–Crippen MR) is 88.5 cm³/mol. The van der Waals surface area contributed by atoms with Gasteiger partial charge in [0, 0.05) is 35.0 Å². The van der Waals surface area contributed by atoms with E-state index in [9.17, 15) is 4.39 Å². The number of benzene rings is 2. The molecule has 0 N–H and O–H groups in total. The minimum absolute atomic E-state index is 0.152. The maximum absolute atomic E-state index is 13.8. The first-order valence-corrected chi connectivity index (χ1v) is 8.36. The number of nitrogens with zero attached hydrogens (tertiary/aromatic N) is 1. The summed E-state index contributed by atoms with van der Waals surface area (Å²) in [6.07, 6.45) is 0. The van der Waals surface area contributed by atoms with E-state index in [1.54, 1.807) is 6.07 Å². The molecular weight excluding hydrogens is 385 g/mol. The monoisotopic (exact) mass is 399 g/mol. The van der Waals surface area contributed by atoms with Crippen molar-refractivity contribution in [2.24, 2.45) is 0 Å². The van der Waals surface area contributed by atoms with Crippen LogP contribution in [-0.2, 0) is 13.1 Å². The molecule has 0 fully saturated rings. The van der Waals surface area contributed by atoms with E-state index in [2.05, 4.69) is 48.9 Å². The normalized spacial score (nSPS) is 11.0. The van der Waals surface area contributed by atoms with Crippen LogP contribution in [0.25, 0.3) is 0 Å². The fraction of sp³-hybridized carbons (Fsp3) is 0.250. The summed E-state index contributed by atoms with van der Waals surface area (Å²) in [6, 6.07) is 15.3. The fourth-order valence-corrected chi connectivity index (χ4v) is 2.99. The molecule has 20 heavy (non-hydrogen) atoms. The average molecular weight is 401 g/mol. The molecule has 0 aliphatic rings. The molecule has 0 aromatic heterocycles. The molecule has 0 atom stereocenters. The standard InChI is InChI=1S/C16H16Br2FN/c17-8-9-20(11-13-4-2-1-3-5-13)12-14-10-15(18)6-7-16(14)19/h1-7,10H,8-9,11-12H2. The van der Waals surface area contributed by atoms with E-state index in [0.29, 0.717) is 6.54 Å². The van der Waals surface area contributed by atoms with E-state index < -0.39 is 0 Å². The van der Waals surface area contributed by atoms with Crippen molar-refractivity contribution in [2.75, 3.05) is 11.9 Å². The molecule has 0 aliphatic heterocycles. The van der Waals surface area contributed by atoms with Gasteiger partial charge in [0.05, 0.1) is 0 Å². The van der Waals surface area contributed by atoms with Crippen molar-refractivity contribution in [1.29, 1.82) is 0 Å². The first-order chi connectivity index (χ1) is 9.69. The summed E-state index contributed by atoms with van der Waals surface area (Å²) in [4.78, 5) is 2.23. The first kappa shape index (κ1) is 15.7. The highest BCUT2D eigenvalue weighted by molar-refractivity contribution is 9.10. The maximum atomic E-state index is 13.8. The van der Waals surface area contributed by atoms with Gasteiger partial charge in [-0.2, -0.15) is 0 Å². The quantitative estimate of drug-likeness (QED) is 0.617. The summed E-state index contributed by atoms with van der Waals surface area (Å²) in [5, 5.41) is 0.870. The van der Waals surface area contributed by atoms with Crippen LogP contribution in [0.4, 0.5) is 4.39 Å². The van der Waals surface area contributed by atoms with Crippen LogP contribution in [0.5, 0.6) is 0 Å². The minimum atomic E-state index is -0.152. The summed E-state index contributed by atoms with van der Waals surface area (Å²) >= 11 is 6.86. The molecule has 2 aromatic rings. The molecule has 0 radical (unpaired) electrons. The van der Waals surface area contributed by atoms with Gasteiger partial charge in [-0.05, 0) is 23.8 Å². The lowest BCUT2D eigenvalue weighted by Gasteiger charge is -2.22. The van der Waals surface area contributed by atoms with Gasteiger partial charge in [-0.1, -0.05) is 62.2 Å². The van der Waals surface area contributed by atoms with Gasteiger partial charge in [-0.15, -0.1) is 0 Å². The zero-order valence-electron chi connectivity index (χ0n) is 11.0. The molecule has 0 spiro atoms. The van der Waals surface area contributed by atoms with Crippen LogP contribution in [0.3, 0.4) is 0 Å². The molecule has 4 heteroatoms. The van der Waals surface area contributed by atoms with Gasteiger partial charge in [0.2, 0.25) is 0 Å². The molecule has 2 aromatic carbocycles. The third-order valence-electron chi connectivity index (χ3n) is 3.05. The fourth-order valence-electron chi connectivity index (χ4n) is 2.08. The van der Waals surface area contributed by atoms with Crippen LogP contribution in [0, 0.1) is 5.82 Å². The lowest BCUT2D eigenvalue weighted by atomic mass is 10.1. The Balaban J connectivity index is 2.11. The summed E-state index contributed by atoms with van der Waals surface area (Å²) in [6.45, 7) is 2.30. The van der Waals surface area contributed by atoms with Crippen LogP contribution in [0.15, 0.2) is 53.0 Å². The van der Waals surface area contributed by atoms with Crippen LogP contribution >= 0.6 is 31.9 Å². The van der Waals surface area contributed by atoms with Gasteiger partial charge in [-0.25, -0.2) is 4.39 Å². The van der Waals surface area contributed by atoms with Crippen molar-refractivity contribution >= 4 is 31.9 Å². The van der Waals surface area contributed by atoms with Crippen LogP contribution in [0.2, 0.25) is 0 Å². The van der Waals surface area contributed by atoms with Crippen molar-refractivity contribution < 1.29 is 4.39 Å². The van der Waals surface area contributed by atoms with E-state index in [0.717, 1.165) is 28.5 Å². The molecule has 0 saturated carbocycles. The van der Waals surface area contributed by atoms with E-state index >= 15 is 0 Å². The van der Waals surface area contributed by atoms with Crippen LogP contribution in [-0.4, -0.2) is 16.8 Å². The van der Waals surface area contributed by atoms with E-state index in [-0.39, 0.29) is 5.82 Å². The van der Waals surface area contributed by atoms with E-state index in [1.165, 1.54) is 11.6 Å². The predicted octanol–water partition coefficient (Wildman–Crippen LogP) is 4.99. The van der Waals surface area contributed by atoms with Crippen molar-refractivity contribution in [3.8, 4) is 0 Å². The molecule has 106 valence electrons. The third-order valence-corrected chi connectivity index (χ3v) is 3.90. The zero-order chi connectivity index (χ0) is 14.4. The second-order valence-electron chi connectivity index (χ2n) is 4.62. The molecule has 0 heterocycles. The van der Waals surface area contributed by atoms with Gasteiger partial charge in [-0.3, -0.25) is 4.90 Å². The molecule has 0 unspecified atom stereocenters. The van der Waals surface area contributed by atoms with Gasteiger partial charge in [0.25, 0.3) is 0 Å². The van der Waals surface area contributed by atoms with E-state index in [4.69, 9.17) is 0 Å². The highest BCUT2D eigenvalue weighted by Crippen LogP contribution is 2.18. The second kappa shape index (κ2) is 7.91. The number of halogens is 3. The Labute approximate surface area is 136 Å². The largest absolute Gasteiger partial charge is 0.294 e. The Morgan fingerprint density at radius 2 is 1.75 bits per heavy atom. The second-order valence-corrected chi connectivity index (χ2v) is 6.33. The van der Waals surface area contributed by atoms with Crippen molar-refractivity contribution in [3.63, 3.8) is 0 Å². The van der Waals surface area contributed by atoms with Crippen LogP contribution < -0.4 is 0 Å². The van der Waals surface area contributed by atoms with Gasteiger partial charge >= 0.3 is 0 Å². The highest BCUT2D eigenvalue weighted by atomic mass is 79.9. The number of rotatable bonds is 6. The summed E-state index contributed by atoms with van der Waals surface area (Å²) < 4.78 is 14.8. The minimum Gasteiger partial charge on any atom is -0.294 e. The lowest BCUT2D eigenvalue weighted by Crippen LogP contribution is -2.25. The Bertz CT molecular complexity index is 545. The van der Waals surface area contributed by atoms with Gasteiger partial charge in [0.15, 0.2) is 0 Å². The smallest absolute Gasteiger partial charge is 0.127 e. The molecule has 2 rings (SSSR count). The molecule has 0 saturated heterocycles. The summed E-state index contributed by atoms with van der Waals surface area (Å²) in [7, 11) is 0. The molecule has 0 amide bonds. The number of hydrogen-bond acceptors (Lipinski definition) is 1. The highest BCUT2D eigenvalue weighted by Gasteiger charge is 2.10. The molecule has 0 bridgehead atoms. The third kappa shape index (κ3) is 4.69. The Morgan fingerprint density at radius 3 is 2.45 bits per heavy atom. The molecule has 0 aliphatic carbocycles. The van der Waals surface area contributed by atoms with Crippen molar-refractivity contribution in [1.82, 2.24) is 4.90 Å². The van der Waals surface area contributed by atoms with Crippen molar-refractivity contribution in [3.05, 3.63) is 69.9 Å². The van der Waals surface area contributed by atoms with E-state index in [1.807, 2.05) is 24.3 Å². The summed E-state index contributed by atoms with van der Waals surface area (Å²) in [5.41, 5.74) is 1.96. The Morgan fingerprint density at radius 1 is 1.00 bits per heavy atom. The topological polar surface area (TPSA) is 3.24 Å². The average Bonchev–Trinajstić information content (AvgIpc) is 2.44. The molecular formula is C16H16Br2FN. The molecule has 1 nitrogen and oxygen atoms in total. The Kier molecular flexibility index (Phi) is 6.20. The SMILES string of the molecule is Fc1ccc(Br)cc1CN(CCBr)Cc1ccccc1. The van der Waals surface area contributed by atoms with Crippen LogP contribution in [0.1, 0.15) is 11.1 Å². The maximum Gasteiger partial charge on any atom is 0.127 e. The number of hydrogen-bond donors (Lipinski definition) is 0. The lowest BCUT2D eigenvalue weighted by molar-refractivity contribution is 0.270. The first-order valence-electron chi connectivity index (χ1n) is 6.45. The van der Waals surface area contributed by atoms with Gasteiger partial charge in [0.1, 0.15) is 5.82 Å². The van der Waals surface area contributed by atoms with Gasteiger partial charge < -0.3 is 0 Å². The zero-order valence-corrected chi connectivity index (χ0v) is 14.2. The Hall–Kier alpha value is -0.710. The summed E-state index contributed by atoms with van der Waals surface area (Å²) in [5.74, 6) is -0.152. The number of alkyl halides is 1. The van der Waals surface area contributed by atoms with Crippen molar-refractivity contribution in [2.45, 2.75) is 13.1 Å².